The summed E-state index contributed by atoms with van der Waals surface area (Å²) in [6.07, 6.45) is 16.5. The Morgan fingerprint density at radius 1 is 1.00 bits per heavy atom. The molecule has 0 aromatic carbocycles. The second kappa shape index (κ2) is 22.2. The van der Waals surface area contributed by atoms with Crippen molar-refractivity contribution < 1.29 is 34.1 Å². The van der Waals surface area contributed by atoms with Crippen molar-refractivity contribution in [3.8, 4) is 0 Å². The largest absolute Gasteiger partial charge is 0.462 e. The zero-order valence-corrected chi connectivity index (χ0v) is 23.5. The Labute approximate surface area is 224 Å². The van der Waals surface area contributed by atoms with Crippen LogP contribution in [0.4, 0.5) is 0 Å². The highest BCUT2D eigenvalue weighted by Gasteiger charge is 2.28. The van der Waals surface area contributed by atoms with E-state index in [0.717, 1.165) is 50.7 Å². The van der Waals surface area contributed by atoms with Crippen LogP contribution in [0, 0.1) is 23.7 Å². The standard InChI is InChI=1S/C14H24O4.C12H22O.C4H6O2/c1-10(2)14(16)18-9-12(8-15)11-4-6-13(17-3)7-5-11;1-2-3-4-5-11-6-8-12(10-13)9-7-11;1-4(2-5)3-6/h11-13,15H,1,4-9H2,2-3H3;10-12H,2-9H2,1H3;2,6H,1,3H2. The second-order valence-corrected chi connectivity index (χ2v) is 10.4. The van der Waals surface area contributed by atoms with E-state index in [1.54, 1.807) is 14.0 Å². The molecule has 7 nitrogen and oxygen atoms in total. The minimum atomic E-state index is -0.376. The zero-order valence-electron chi connectivity index (χ0n) is 23.5. The quantitative estimate of drug-likeness (QED) is 0.147. The summed E-state index contributed by atoms with van der Waals surface area (Å²) in [4.78, 5) is 31.3. The molecule has 0 aliphatic heterocycles. The van der Waals surface area contributed by atoms with Crippen LogP contribution in [0.1, 0.15) is 90.9 Å². The number of methoxy groups -OCH3 is 1. The average molecular weight is 525 g/mol. The molecule has 0 saturated heterocycles. The smallest absolute Gasteiger partial charge is 0.333 e. The minimum absolute atomic E-state index is 0.0334. The SMILES string of the molecule is C=C(C)C(=O)OCC(CO)C1CCC(OC)CC1.C=C(C=O)CO.CCCCCC1CCC(C=O)CC1. The molecule has 37 heavy (non-hydrogen) atoms. The van der Waals surface area contributed by atoms with Crippen molar-refractivity contribution in [1.29, 1.82) is 0 Å². The van der Waals surface area contributed by atoms with Crippen LogP contribution in [0.25, 0.3) is 0 Å². The van der Waals surface area contributed by atoms with Gasteiger partial charge in [0.1, 0.15) is 12.6 Å². The molecule has 1 unspecified atom stereocenters. The molecule has 0 aromatic rings. The van der Waals surface area contributed by atoms with E-state index < -0.39 is 0 Å². The summed E-state index contributed by atoms with van der Waals surface area (Å²) in [5, 5.41) is 17.4. The Hall–Kier alpha value is -1.83. The summed E-state index contributed by atoms with van der Waals surface area (Å²) < 4.78 is 10.5. The third-order valence-corrected chi connectivity index (χ3v) is 7.40. The molecule has 0 aromatic heterocycles. The van der Waals surface area contributed by atoms with Crippen LogP contribution in [0.15, 0.2) is 24.3 Å². The molecule has 2 N–H and O–H groups in total. The molecule has 2 aliphatic rings. The van der Waals surface area contributed by atoms with E-state index in [9.17, 15) is 19.5 Å². The Morgan fingerprint density at radius 3 is 2.03 bits per heavy atom. The number of ether oxygens (including phenoxy) is 2. The molecule has 1 atom stereocenters. The van der Waals surface area contributed by atoms with Crippen LogP contribution in [-0.2, 0) is 23.9 Å². The number of aliphatic hydroxyl groups is 2. The highest BCUT2D eigenvalue weighted by Crippen LogP contribution is 2.32. The molecule has 2 rings (SSSR count). The lowest BCUT2D eigenvalue weighted by Gasteiger charge is -2.32. The van der Waals surface area contributed by atoms with Crippen LogP contribution in [0.5, 0.6) is 0 Å². The van der Waals surface area contributed by atoms with Crippen LogP contribution in [0.3, 0.4) is 0 Å². The van der Waals surface area contributed by atoms with Gasteiger partial charge < -0.3 is 24.5 Å². The maximum Gasteiger partial charge on any atom is 0.333 e. The van der Waals surface area contributed by atoms with E-state index >= 15 is 0 Å². The van der Waals surface area contributed by atoms with Crippen LogP contribution in [-0.4, -0.2) is 61.8 Å². The maximum atomic E-state index is 11.3. The van der Waals surface area contributed by atoms with Crippen LogP contribution >= 0.6 is 0 Å². The fraction of sp³-hybridized carbons (Fsp3) is 0.767. The Balaban J connectivity index is 0.000000594. The molecule has 2 aliphatic carbocycles. The van der Waals surface area contributed by atoms with Crippen LogP contribution < -0.4 is 0 Å². The van der Waals surface area contributed by atoms with Gasteiger partial charge >= 0.3 is 5.97 Å². The lowest BCUT2D eigenvalue weighted by atomic mass is 9.79. The summed E-state index contributed by atoms with van der Waals surface area (Å²) in [7, 11) is 1.74. The van der Waals surface area contributed by atoms with Gasteiger partial charge in [0.2, 0.25) is 0 Å². The van der Waals surface area contributed by atoms with Crippen LogP contribution in [0.2, 0.25) is 0 Å². The number of hydrogen-bond acceptors (Lipinski definition) is 7. The third-order valence-electron chi connectivity index (χ3n) is 7.40. The predicted octanol–water partition coefficient (Wildman–Crippen LogP) is 5.23. The van der Waals surface area contributed by atoms with Gasteiger partial charge in [-0.3, -0.25) is 4.79 Å². The van der Waals surface area contributed by atoms with Gasteiger partial charge in [0.05, 0.1) is 19.3 Å². The fourth-order valence-electron chi connectivity index (χ4n) is 4.77. The average Bonchev–Trinajstić information content (AvgIpc) is 2.94. The number of carbonyl (C=O) groups excluding carboxylic acids is 3. The zero-order chi connectivity index (χ0) is 28.1. The van der Waals surface area contributed by atoms with E-state index in [1.165, 1.54) is 38.5 Å². The topological polar surface area (TPSA) is 110 Å². The van der Waals surface area contributed by atoms with E-state index in [4.69, 9.17) is 14.6 Å². The Kier molecular flexibility index (Phi) is 21.1. The van der Waals surface area contributed by atoms with Crippen molar-refractivity contribution in [2.45, 2.75) is 97.0 Å². The van der Waals surface area contributed by atoms with Gasteiger partial charge in [-0.15, -0.1) is 0 Å². The summed E-state index contributed by atoms with van der Waals surface area (Å²) >= 11 is 0. The molecule has 0 spiro atoms. The van der Waals surface area contributed by atoms with Gasteiger partial charge in [0, 0.05) is 36.7 Å². The van der Waals surface area contributed by atoms with Gasteiger partial charge in [-0.2, -0.15) is 0 Å². The summed E-state index contributed by atoms with van der Waals surface area (Å²) in [6, 6.07) is 0. The number of carbonyl (C=O) groups is 3. The first kappa shape index (κ1) is 35.2. The van der Waals surface area contributed by atoms with Gasteiger partial charge in [0.25, 0.3) is 0 Å². The van der Waals surface area contributed by atoms with Crippen molar-refractivity contribution in [1.82, 2.24) is 0 Å². The van der Waals surface area contributed by atoms with Gasteiger partial charge in [-0.25, -0.2) is 4.79 Å². The van der Waals surface area contributed by atoms with E-state index in [1.807, 2.05) is 0 Å². The van der Waals surface area contributed by atoms with Crippen molar-refractivity contribution >= 4 is 18.5 Å². The number of rotatable bonds is 13. The van der Waals surface area contributed by atoms with Crippen molar-refractivity contribution in [3.05, 3.63) is 24.3 Å². The first-order chi connectivity index (χ1) is 17.8. The molecule has 0 radical (unpaired) electrons. The van der Waals surface area contributed by atoms with Gasteiger partial charge in [0.15, 0.2) is 0 Å². The highest BCUT2D eigenvalue weighted by molar-refractivity contribution is 5.86. The molecule has 0 heterocycles. The lowest BCUT2D eigenvalue weighted by Crippen LogP contribution is -2.30. The fourth-order valence-corrected chi connectivity index (χ4v) is 4.77. The summed E-state index contributed by atoms with van der Waals surface area (Å²) in [5.41, 5.74) is 0.616. The Bertz CT molecular complexity index is 644. The minimum Gasteiger partial charge on any atom is -0.462 e. The van der Waals surface area contributed by atoms with E-state index in [2.05, 4.69) is 20.1 Å². The molecule has 0 bridgehead atoms. The molecular formula is C30H52O7. The first-order valence-electron chi connectivity index (χ1n) is 13.9. The third kappa shape index (κ3) is 16.6. The van der Waals surface area contributed by atoms with Gasteiger partial charge in [-0.05, 0) is 70.1 Å². The van der Waals surface area contributed by atoms with E-state index in [-0.39, 0.29) is 37.3 Å². The molecule has 2 saturated carbocycles. The van der Waals surface area contributed by atoms with Crippen molar-refractivity contribution in [2.24, 2.45) is 23.7 Å². The summed E-state index contributed by atoms with van der Waals surface area (Å²) in [6.45, 7) is 10.7. The van der Waals surface area contributed by atoms with Gasteiger partial charge in [-0.1, -0.05) is 45.8 Å². The Morgan fingerprint density at radius 2 is 1.62 bits per heavy atom. The maximum absolute atomic E-state index is 11.3. The highest BCUT2D eigenvalue weighted by atomic mass is 16.5. The molecule has 7 heteroatoms. The molecule has 2 fully saturated rings. The van der Waals surface area contributed by atoms with E-state index in [0.29, 0.717) is 29.8 Å². The second-order valence-electron chi connectivity index (χ2n) is 10.4. The summed E-state index contributed by atoms with van der Waals surface area (Å²) in [5.74, 6) is 1.40. The number of esters is 1. The van der Waals surface area contributed by atoms with Crippen molar-refractivity contribution in [3.63, 3.8) is 0 Å². The monoisotopic (exact) mass is 524 g/mol. The molecule has 0 amide bonds. The lowest BCUT2D eigenvalue weighted by molar-refractivity contribution is -0.141. The normalized spacial score (nSPS) is 23.7. The number of hydrogen-bond donors (Lipinski definition) is 2. The van der Waals surface area contributed by atoms with Crippen molar-refractivity contribution in [2.75, 3.05) is 26.9 Å². The number of aliphatic hydroxyl groups excluding tert-OH is 2. The first-order valence-corrected chi connectivity index (χ1v) is 13.9. The number of aldehydes is 2. The predicted molar refractivity (Wildman–Crippen MR) is 147 cm³/mol. The molecular weight excluding hydrogens is 472 g/mol. The molecule has 214 valence electrons. The number of unbranched alkanes of at least 4 members (excludes halogenated alkanes) is 2.